The van der Waals surface area contributed by atoms with Crippen LogP contribution in [0.2, 0.25) is 0 Å². The molecule has 0 spiro atoms. The first-order valence-corrected chi connectivity index (χ1v) is 8.40. The first kappa shape index (κ1) is 13.8. The fourth-order valence-electron chi connectivity index (χ4n) is 5.93. The molecule has 0 heterocycles. The minimum atomic E-state index is -1.46. The SMILES string of the molecule is C[C@]12C=CC=CC1=CC[C@@H]1[C@H]2CC[C@@]2(C)[C@H]1CCC2(O)O. The molecule has 0 aromatic rings. The van der Waals surface area contributed by atoms with Gasteiger partial charge in [0, 0.05) is 17.3 Å². The quantitative estimate of drug-likeness (QED) is 0.668. The Hall–Kier alpha value is -0.860. The predicted molar refractivity (Wildman–Crippen MR) is 83.3 cm³/mol. The molecule has 0 aromatic carbocycles. The number of fused-ring (bicyclic) bond motifs is 5. The second-order valence-electron chi connectivity index (χ2n) is 8.08. The summed E-state index contributed by atoms with van der Waals surface area (Å²) >= 11 is 0. The third-order valence-electron chi connectivity index (χ3n) is 7.38. The molecule has 0 unspecified atom stereocenters. The lowest BCUT2D eigenvalue weighted by atomic mass is 9.49. The molecule has 0 radical (unpaired) electrons. The average Bonchev–Trinajstić information content (AvgIpc) is 2.69. The number of hydrogen-bond donors (Lipinski definition) is 2. The Labute approximate surface area is 127 Å². The lowest BCUT2D eigenvalue weighted by molar-refractivity contribution is -0.245. The number of hydrogen-bond acceptors (Lipinski definition) is 2. The van der Waals surface area contributed by atoms with Crippen LogP contribution in [0.25, 0.3) is 0 Å². The Morgan fingerprint density at radius 1 is 1.05 bits per heavy atom. The molecule has 2 saturated carbocycles. The molecule has 2 fully saturated rings. The van der Waals surface area contributed by atoms with E-state index in [-0.39, 0.29) is 10.8 Å². The Kier molecular flexibility index (Phi) is 2.70. The van der Waals surface area contributed by atoms with Crippen molar-refractivity contribution in [2.45, 2.75) is 51.7 Å². The zero-order chi connectivity index (χ0) is 14.9. The van der Waals surface area contributed by atoms with Gasteiger partial charge in [-0.25, -0.2) is 0 Å². The Morgan fingerprint density at radius 3 is 2.62 bits per heavy atom. The molecule has 4 rings (SSSR count). The highest BCUT2D eigenvalue weighted by Crippen LogP contribution is 2.65. The van der Waals surface area contributed by atoms with Gasteiger partial charge < -0.3 is 10.2 Å². The summed E-state index contributed by atoms with van der Waals surface area (Å²) in [6.45, 7) is 4.48. The average molecular weight is 286 g/mol. The summed E-state index contributed by atoms with van der Waals surface area (Å²) in [6, 6.07) is 0. The lowest BCUT2D eigenvalue weighted by Gasteiger charge is -2.56. The molecule has 2 N–H and O–H groups in total. The standard InChI is InChI=1S/C19H26O2/c1-17-10-4-3-5-13(17)6-7-14-15(17)8-11-18(2)16(14)9-12-19(18,20)21/h3-6,10,14-16,20-21H,7-9,11-12H2,1-2H3/t14-,15-,16+,17+,18+/m1/s1. The van der Waals surface area contributed by atoms with E-state index < -0.39 is 5.79 Å². The van der Waals surface area contributed by atoms with Crippen LogP contribution in [0, 0.1) is 28.6 Å². The van der Waals surface area contributed by atoms with Crippen molar-refractivity contribution >= 4 is 0 Å². The number of rotatable bonds is 0. The third-order valence-corrected chi connectivity index (χ3v) is 7.38. The van der Waals surface area contributed by atoms with E-state index in [1.165, 1.54) is 5.57 Å². The summed E-state index contributed by atoms with van der Waals surface area (Å²) in [6.07, 6.45) is 16.0. The van der Waals surface area contributed by atoms with E-state index in [1.54, 1.807) is 0 Å². The molecular formula is C19H26O2. The topological polar surface area (TPSA) is 40.5 Å². The van der Waals surface area contributed by atoms with Crippen LogP contribution in [-0.4, -0.2) is 16.0 Å². The molecule has 2 nitrogen and oxygen atoms in total. The highest BCUT2D eigenvalue weighted by atomic mass is 16.5. The Balaban J connectivity index is 1.74. The van der Waals surface area contributed by atoms with Crippen molar-refractivity contribution in [2.24, 2.45) is 28.6 Å². The highest BCUT2D eigenvalue weighted by molar-refractivity contribution is 5.41. The van der Waals surface area contributed by atoms with Gasteiger partial charge in [0.15, 0.2) is 5.79 Å². The van der Waals surface area contributed by atoms with Crippen LogP contribution in [-0.2, 0) is 0 Å². The van der Waals surface area contributed by atoms with Gasteiger partial charge >= 0.3 is 0 Å². The molecule has 21 heavy (non-hydrogen) atoms. The minimum Gasteiger partial charge on any atom is -0.365 e. The van der Waals surface area contributed by atoms with Crippen molar-refractivity contribution in [3.05, 3.63) is 36.0 Å². The van der Waals surface area contributed by atoms with Crippen molar-refractivity contribution in [3.8, 4) is 0 Å². The van der Waals surface area contributed by atoms with E-state index in [9.17, 15) is 10.2 Å². The van der Waals surface area contributed by atoms with E-state index >= 15 is 0 Å². The fourth-order valence-corrected chi connectivity index (χ4v) is 5.93. The van der Waals surface area contributed by atoms with E-state index in [0.29, 0.717) is 24.2 Å². The van der Waals surface area contributed by atoms with E-state index in [4.69, 9.17) is 0 Å². The molecular weight excluding hydrogens is 260 g/mol. The normalized spacial score (nSPS) is 50.1. The maximum atomic E-state index is 10.5. The summed E-state index contributed by atoms with van der Waals surface area (Å²) < 4.78 is 0. The summed E-state index contributed by atoms with van der Waals surface area (Å²) in [5.41, 5.74) is 1.30. The van der Waals surface area contributed by atoms with Crippen LogP contribution >= 0.6 is 0 Å². The van der Waals surface area contributed by atoms with Gasteiger partial charge in [-0.2, -0.15) is 0 Å². The maximum Gasteiger partial charge on any atom is 0.168 e. The molecule has 5 atom stereocenters. The summed E-state index contributed by atoms with van der Waals surface area (Å²) in [5, 5.41) is 20.9. The molecule has 0 aliphatic heterocycles. The van der Waals surface area contributed by atoms with Gasteiger partial charge in [-0.05, 0) is 49.0 Å². The second-order valence-corrected chi connectivity index (χ2v) is 8.08. The van der Waals surface area contributed by atoms with Crippen molar-refractivity contribution in [1.29, 1.82) is 0 Å². The molecule has 2 heteroatoms. The molecule has 0 aromatic heterocycles. The Bertz CT molecular complexity index is 556. The molecule has 0 amide bonds. The predicted octanol–water partition coefficient (Wildman–Crippen LogP) is 3.57. The van der Waals surface area contributed by atoms with Gasteiger partial charge in [-0.3, -0.25) is 0 Å². The number of aliphatic hydroxyl groups is 2. The van der Waals surface area contributed by atoms with Crippen LogP contribution in [0.15, 0.2) is 36.0 Å². The van der Waals surface area contributed by atoms with Gasteiger partial charge in [0.25, 0.3) is 0 Å². The zero-order valence-corrected chi connectivity index (χ0v) is 13.0. The van der Waals surface area contributed by atoms with Gasteiger partial charge in [0.1, 0.15) is 0 Å². The summed E-state index contributed by atoms with van der Waals surface area (Å²) in [4.78, 5) is 0. The smallest absolute Gasteiger partial charge is 0.168 e. The number of allylic oxidation sites excluding steroid dienone is 6. The van der Waals surface area contributed by atoms with E-state index in [1.807, 2.05) is 0 Å². The monoisotopic (exact) mass is 286 g/mol. The lowest BCUT2D eigenvalue weighted by Crippen LogP contribution is -2.53. The van der Waals surface area contributed by atoms with Crippen LogP contribution in [0.1, 0.15) is 46.0 Å². The maximum absolute atomic E-state index is 10.5. The molecule has 4 aliphatic rings. The summed E-state index contributed by atoms with van der Waals surface area (Å²) in [5.74, 6) is 0.219. The zero-order valence-electron chi connectivity index (χ0n) is 13.0. The fraction of sp³-hybridized carbons (Fsp3) is 0.684. The molecule has 4 aliphatic carbocycles. The van der Waals surface area contributed by atoms with Crippen molar-refractivity contribution in [2.75, 3.05) is 0 Å². The van der Waals surface area contributed by atoms with Crippen molar-refractivity contribution in [3.63, 3.8) is 0 Å². The highest BCUT2D eigenvalue weighted by Gasteiger charge is 2.62. The summed E-state index contributed by atoms with van der Waals surface area (Å²) in [7, 11) is 0. The van der Waals surface area contributed by atoms with Crippen LogP contribution in [0.3, 0.4) is 0 Å². The second kappa shape index (κ2) is 4.11. The van der Waals surface area contributed by atoms with E-state index in [2.05, 4.69) is 44.2 Å². The van der Waals surface area contributed by atoms with Gasteiger partial charge in [-0.1, -0.05) is 44.2 Å². The van der Waals surface area contributed by atoms with Gasteiger partial charge in [0.05, 0.1) is 0 Å². The van der Waals surface area contributed by atoms with Gasteiger partial charge in [0.2, 0.25) is 0 Å². The first-order valence-electron chi connectivity index (χ1n) is 8.40. The largest absolute Gasteiger partial charge is 0.365 e. The molecule has 0 bridgehead atoms. The molecule has 114 valence electrons. The van der Waals surface area contributed by atoms with Crippen LogP contribution < -0.4 is 0 Å². The van der Waals surface area contributed by atoms with Crippen molar-refractivity contribution < 1.29 is 10.2 Å². The minimum absolute atomic E-state index is 0.148. The Morgan fingerprint density at radius 2 is 1.81 bits per heavy atom. The first-order chi connectivity index (χ1) is 9.88. The third kappa shape index (κ3) is 1.61. The molecule has 0 saturated heterocycles. The van der Waals surface area contributed by atoms with Crippen molar-refractivity contribution in [1.82, 2.24) is 0 Å². The van der Waals surface area contributed by atoms with Gasteiger partial charge in [-0.15, -0.1) is 0 Å². The van der Waals surface area contributed by atoms with E-state index in [0.717, 1.165) is 25.7 Å². The van der Waals surface area contributed by atoms with Crippen LogP contribution in [0.4, 0.5) is 0 Å². The van der Waals surface area contributed by atoms with Crippen LogP contribution in [0.5, 0.6) is 0 Å².